The average Bonchev–Trinajstić information content (AvgIpc) is 2.99. The van der Waals surface area contributed by atoms with Crippen molar-refractivity contribution in [3.05, 3.63) is 29.8 Å². The number of carbonyl (C=O) groups is 1. The Balaban J connectivity index is 1.86. The van der Waals surface area contributed by atoms with Crippen LogP contribution >= 0.6 is 0 Å². The van der Waals surface area contributed by atoms with Crippen LogP contribution in [0.1, 0.15) is 19.3 Å². The molecule has 1 amide bonds. The molecule has 1 atom stereocenters. The van der Waals surface area contributed by atoms with Crippen LogP contribution in [0.5, 0.6) is 5.75 Å². The van der Waals surface area contributed by atoms with Gasteiger partial charge >= 0.3 is 0 Å². The molecule has 0 aliphatic carbocycles. The molecule has 1 fully saturated rings. The number of halogens is 2. The van der Waals surface area contributed by atoms with E-state index in [1.165, 1.54) is 6.07 Å². The molecule has 0 aromatic heterocycles. The van der Waals surface area contributed by atoms with E-state index in [9.17, 15) is 13.6 Å². The maximum absolute atomic E-state index is 13.4. The summed E-state index contributed by atoms with van der Waals surface area (Å²) in [5.74, 6) is -2.54. The largest absolute Gasteiger partial charge is 0.490 e. The highest BCUT2D eigenvalue weighted by Crippen LogP contribution is 2.19. The molecule has 112 valence electrons. The third-order valence-corrected chi connectivity index (χ3v) is 3.43. The van der Waals surface area contributed by atoms with Crippen LogP contribution in [0.2, 0.25) is 0 Å². The Hall–Kier alpha value is -2.16. The van der Waals surface area contributed by atoms with Gasteiger partial charge in [0.25, 0.3) is 0 Å². The van der Waals surface area contributed by atoms with Gasteiger partial charge in [0.2, 0.25) is 5.91 Å². The Morgan fingerprint density at radius 3 is 2.71 bits per heavy atom. The van der Waals surface area contributed by atoms with Crippen LogP contribution < -0.4 is 4.74 Å². The molecule has 0 spiro atoms. The molecule has 2 rings (SSSR count). The van der Waals surface area contributed by atoms with E-state index < -0.39 is 17.6 Å². The molecule has 1 saturated heterocycles. The Morgan fingerprint density at radius 1 is 1.38 bits per heavy atom. The van der Waals surface area contributed by atoms with Crippen LogP contribution in [0, 0.1) is 28.9 Å². The summed E-state index contributed by atoms with van der Waals surface area (Å²) in [5, 5.41) is 9.07. The number of rotatable bonds is 5. The molecule has 1 aromatic rings. The molecule has 0 radical (unpaired) electrons. The lowest BCUT2D eigenvalue weighted by molar-refractivity contribution is -0.133. The molecule has 21 heavy (non-hydrogen) atoms. The molecule has 1 heterocycles. The van der Waals surface area contributed by atoms with Crippen molar-refractivity contribution in [2.75, 3.05) is 19.7 Å². The molecule has 0 saturated carbocycles. The summed E-state index contributed by atoms with van der Waals surface area (Å²) >= 11 is 0. The van der Waals surface area contributed by atoms with Gasteiger partial charge in [-0.25, -0.2) is 8.78 Å². The second-order valence-electron chi connectivity index (χ2n) is 4.93. The third kappa shape index (κ3) is 3.91. The first-order valence-electron chi connectivity index (χ1n) is 6.88. The van der Waals surface area contributed by atoms with Crippen LogP contribution in [-0.4, -0.2) is 30.5 Å². The molecular weight excluding hydrogens is 278 g/mol. The zero-order valence-corrected chi connectivity index (χ0v) is 11.5. The molecule has 6 heteroatoms. The lowest BCUT2D eigenvalue weighted by Crippen LogP contribution is -2.33. The van der Waals surface area contributed by atoms with Crippen molar-refractivity contribution >= 4 is 5.91 Å². The minimum atomic E-state index is -0.797. The predicted molar refractivity (Wildman–Crippen MR) is 71.4 cm³/mol. The van der Waals surface area contributed by atoms with Crippen molar-refractivity contribution in [2.24, 2.45) is 5.92 Å². The highest BCUT2D eigenvalue weighted by atomic mass is 19.1. The quantitative estimate of drug-likeness (QED) is 0.838. The Kier molecular flexibility index (Phi) is 5.09. The number of likely N-dealkylation sites (tertiary alicyclic amines) is 1. The minimum absolute atomic E-state index is 0.0281. The molecule has 1 aliphatic rings. The van der Waals surface area contributed by atoms with Gasteiger partial charge in [-0.3, -0.25) is 4.79 Å². The van der Waals surface area contributed by atoms with Crippen molar-refractivity contribution in [3.63, 3.8) is 0 Å². The first-order valence-corrected chi connectivity index (χ1v) is 6.88. The summed E-state index contributed by atoms with van der Waals surface area (Å²) in [6, 6.07) is 4.97. The van der Waals surface area contributed by atoms with Gasteiger partial charge in [-0.05, 0) is 25.0 Å². The number of hydrogen-bond acceptors (Lipinski definition) is 3. The standard InChI is InChI=1S/C15H16F2N2O2/c16-12-3-4-14(13(17)9-12)21-8-5-11(10-18)15(20)19-6-1-2-7-19/h3-4,9,11H,1-2,5-8H2. The van der Waals surface area contributed by atoms with Crippen molar-refractivity contribution < 1.29 is 18.3 Å². The molecule has 0 bridgehead atoms. The van der Waals surface area contributed by atoms with E-state index >= 15 is 0 Å². The molecular formula is C15H16F2N2O2. The average molecular weight is 294 g/mol. The molecule has 1 aromatic carbocycles. The molecule has 0 N–H and O–H groups in total. The van der Waals surface area contributed by atoms with Crippen molar-refractivity contribution in [1.29, 1.82) is 5.26 Å². The topological polar surface area (TPSA) is 53.3 Å². The molecule has 1 aliphatic heterocycles. The van der Waals surface area contributed by atoms with E-state index in [4.69, 9.17) is 10.00 Å². The monoisotopic (exact) mass is 294 g/mol. The maximum Gasteiger partial charge on any atom is 0.240 e. The fourth-order valence-corrected chi connectivity index (χ4v) is 2.28. The van der Waals surface area contributed by atoms with E-state index in [-0.39, 0.29) is 24.7 Å². The van der Waals surface area contributed by atoms with Gasteiger partial charge in [-0.1, -0.05) is 0 Å². The number of ether oxygens (including phenoxy) is 1. The van der Waals surface area contributed by atoms with Gasteiger partial charge in [0.05, 0.1) is 12.7 Å². The van der Waals surface area contributed by atoms with Gasteiger partial charge < -0.3 is 9.64 Å². The lowest BCUT2D eigenvalue weighted by atomic mass is 10.1. The molecule has 4 nitrogen and oxygen atoms in total. The normalized spacial score (nSPS) is 15.6. The summed E-state index contributed by atoms with van der Waals surface area (Å²) in [6.45, 7) is 1.40. The third-order valence-electron chi connectivity index (χ3n) is 3.43. The Labute approximate surface area is 121 Å². The summed E-state index contributed by atoms with van der Waals surface area (Å²) < 4.78 is 31.3. The fourth-order valence-electron chi connectivity index (χ4n) is 2.28. The van der Waals surface area contributed by atoms with Crippen LogP contribution in [0.15, 0.2) is 18.2 Å². The zero-order chi connectivity index (χ0) is 15.2. The number of benzene rings is 1. The van der Waals surface area contributed by atoms with Gasteiger partial charge in [0.15, 0.2) is 11.6 Å². The Bertz CT molecular complexity index is 551. The maximum atomic E-state index is 13.4. The van der Waals surface area contributed by atoms with Gasteiger partial charge in [-0.15, -0.1) is 0 Å². The SMILES string of the molecule is N#CC(CCOc1ccc(F)cc1F)C(=O)N1CCCC1. The zero-order valence-electron chi connectivity index (χ0n) is 11.5. The highest BCUT2D eigenvalue weighted by molar-refractivity contribution is 5.81. The van der Waals surface area contributed by atoms with E-state index in [2.05, 4.69) is 0 Å². The number of amides is 1. The summed E-state index contributed by atoms with van der Waals surface area (Å²) in [5.41, 5.74) is 0. The first kappa shape index (κ1) is 15.2. The number of carbonyl (C=O) groups excluding carboxylic acids is 1. The van der Waals surface area contributed by atoms with Crippen LogP contribution in [0.4, 0.5) is 8.78 Å². The predicted octanol–water partition coefficient (Wildman–Crippen LogP) is 2.50. The van der Waals surface area contributed by atoms with E-state index in [0.29, 0.717) is 13.1 Å². The minimum Gasteiger partial charge on any atom is -0.490 e. The number of hydrogen-bond donors (Lipinski definition) is 0. The van der Waals surface area contributed by atoms with E-state index in [1.54, 1.807) is 4.90 Å². The van der Waals surface area contributed by atoms with Gasteiger partial charge in [-0.2, -0.15) is 5.26 Å². The fraction of sp³-hybridized carbons (Fsp3) is 0.467. The smallest absolute Gasteiger partial charge is 0.240 e. The number of nitrogens with zero attached hydrogens (tertiary/aromatic N) is 2. The number of nitriles is 1. The van der Waals surface area contributed by atoms with Crippen molar-refractivity contribution in [2.45, 2.75) is 19.3 Å². The lowest BCUT2D eigenvalue weighted by Gasteiger charge is -2.18. The van der Waals surface area contributed by atoms with Crippen LogP contribution in [-0.2, 0) is 4.79 Å². The van der Waals surface area contributed by atoms with E-state index in [1.807, 2.05) is 6.07 Å². The van der Waals surface area contributed by atoms with Crippen LogP contribution in [0.25, 0.3) is 0 Å². The second kappa shape index (κ2) is 7.02. The van der Waals surface area contributed by atoms with Gasteiger partial charge in [0.1, 0.15) is 11.7 Å². The van der Waals surface area contributed by atoms with Crippen molar-refractivity contribution in [1.82, 2.24) is 4.90 Å². The van der Waals surface area contributed by atoms with Crippen molar-refractivity contribution in [3.8, 4) is 11.8 Å². The van der Waals surface area contributed by atoms with Crippen LogP contribution in [0.3, 0.4) is 0 Å². The van der Waals surface area contributed by atoms with E-state index in [0.717, 1.165) is 25.0 Å². The highest BCUT2D eigenvalue weighted by Gasteiger charge is 2.26. The first-order chi connectivity index (χ1) is 10.1. The Morgan fingerprint density at radius 2 is 2.10 bits per heavy atom. The summed E-state index contributed by atoms with van der Waals surface area (Å²) in [6.07, 6.45) is 2.10. The second-order valence-corrected chi connectivity index (χ2v) is 4.93. The summed E-state index contributed by atoms with van der Waals surface area (Å²) in [4.78, 5) is 13.7. The van der Waals surface area contributed by atoms with Gasteiger partial charge in [0, 0.05) is 25.6 Å². The molecule has 1 unspecified atom stereocenters. The summed E-state index contributed by atoms with van der Waals surface area (Å²) in [7, 11) is 0.